The van der Waals surface area contributed by atoms with Crippen LogP contribution >= 0.6 is 0 Å². The Bertz CT molecular complexity index is 1230. The Morgan fingerprint density at radius 1 is 0.721 bits per heavy atom. The van der Waals surface area contributed by atoms with Crippen LogP contribution in [0.1, 0.15) is 76.7 Å². The van der Waals surface area contributed by atoms with E-state index in [1.807, 2.05) is 0 Å². The summed E-state index contributed by atoms with van der Waals surface area (Å²) in [4.78, 5) is 10.9. The Labute approximate surface area is 262 Å². The van der Waals surface area contributed by atoms with Crippen LogP contribution < -0.4 is 0 Å². The molecule has 236 valence electrons. The molecule has 5 rings (SSSR count). The molecule has 0 radical (unpaired) electrons. The topological polar surface area (TPSA) is 17.9 Å². The van der Waals surface area contributed by atoms with Crippen LogP contribution in [0.15, 0.2) is 54.6 Å². The molecule has 1 aromatic heterocycles. The van der Waals surface area contributed by atoms with E-state index in [0.29, 0.717) is 6.04 Å². The first-order valence-electron chi connectivity index (χ1n) is 17.5. The van der Waals surface area contributed by atoms with E-state index >= 15 is 0 Å². The van der Waals surface area contributed by atoms with E-state index in [2.05, 4.69) is 113 Å². The van der Waals surface area contributed by atoms with Crippen molar-refractivity contribution in [3.63, 3.8) is 0 Å². The first-order chi connectivity index (χ1) is 20.9. The maximum atomic E-state index is 2.73. The largest absolute Gasteiger partial charge is 0.342 e. The van der Waals surface area contributed by atoms with Gasteiger partial charge < -0.3 is 19.3 Å². The predicted octanol–water partition coefficient (Wildman–Crippen LogP) is 7.01. The molecule has 5 nitrogen and oxygen atoms in total. The van der Waals surface area contributed by atoms with E-state index in [-0.39, 0.29) is 0 Å². The van der Waals surface area contributed by atoms with Gasteiger partial charge in [-0.25, -0.2) is 0 Å². The molecule has 0 spiro atoms. The molecule has 3 heterocycles. The Hall–Kier alpha value is -2.18. The molecule has 2 aromatic carbocycles. The molecular weight excluding hydrogens is 526 g/mol. The quantitative estimate of drug-likeness (QED) is 0.191. The van der Waals surface area contributed by atoms with Crippen LogP contribution in [-0.4, -0.2) is 96.2 Å². The third-order valence-corrected chi connectivity index (χ3v) is 9.54. The minimum Gasteiger partial charge on any atom is -0.342 e. The molecule has 5 heteroatoms. The maximum Gasteiger partial charge on any atom is 0.0759 e. The smallest absolute Gasteiger partial charge is 0.0759 e. The van der Waals surface area contributed by atoms with Gasteiger partial charge in [0.1, 0.15) is 0 Å². The van der Waals surface area contributed by atoms with Crippen LogP contribution in [0.3, 0.4) is 0 Å². The summed E-state index contributed by atoms with van der Waals surface area (Å²) in [7, 11) is 0. The number of nitrogens with zero attached hydrogens (tertiary/aromatic N) is 5. The van der Waals surface area contributed by atoms with Crippen molar-refractivity contribution in [2.75, 3.05) is 72.0 Å². The molecular formula is C38H59N5. The van der Waals surface area contributed by atoms with Crippen molar-refractivity contribution in [3.8, 4) is 0 Å². The molecule has 1 fully saturated rings. The standard InChI is InChI=1S/C38H59N5/c1-6-19-42-24-18-35-34-16-10-11-17-36(34)43(38(35)37(42)33-14-8-7-9-15-33)23-13-21-40-27-25-39(26-28-40)20-12-22-41(29-31(2)3)30-32(4)5/h7-11,14-17,31-32,37H,6,12-13,18-30H2,1-5H3. The van der Waals surface area contributed by atoms with Gasteiger partial charge in [0.05, 0.1) is 6.04 Å². The van der Waals surface area contributed by atoms with Gasteiger partial charge in [-0.15, -0.1) is 0 Å². The van der Waals surface area contributed by atoms with Gasteiger partial charge in [0.2, 0.25) is 0 Å². The normalized spacial score (nSPS) is 18.8. The molecule has 1 saturated heterocycles. The summed E-state index contributed by atoms with van der Waals surface area (Å²) in [5.74, 6) is 1.49. The zero-order valence-electron chi connectivity index (χ0n) is 28.0. The third kappa shape index (κ3) is 8.30. The van der Waals surface area contributed by atoms with Gasteiger partial charge in [-0.05, 0) is 80.9 Å². The van der Waals surface area contributed by atoms with Crippen molar-refractivity contribution in [2.45, 2.75) is 72.9 Å². The highest BCUT2D eigenvalue weighted by Gasteiger charge is 2.33. The fraction of sp³-hybridized carbons (Fsp3) is 0.632. The van der Waals surface area contributed by atoms with Crippen LogP contribution in [0.25, 0.3) is 10.9 Å². The summed E-state index contributed by atoms with van der Waals surface area (Å²) in [6.07, 6.45) is 4.85. The van der Waals surface area contributed by atoms with Gasteiger partial charge in [0.25, 0.3) is 0 Å². The van der Waals surface area contributed by atoms with Gasteiger partial charge in [-0.1, -0.05) is 83.1 Å². The molecule has 43 heavy (non-hydrogen) atoms. The highest BCUT2D eigenvalue weighted by atomic mass is 15.3. The van der Waals surface area contributed by atoms with Crippen molar-refractivity contribution in [1.29, 1.82) is 0 Å². The minimum absolute atomic E-state index is 0.345. The van der Waals surface area contributed by atoms with Crippen molar-refractivity contribution < 1.29 is 0 Å². The number of hydrogen-bond donors (Lipinski definition) is 0. The summed E-state index contributed by atoms with van der Waals surface area (Å²) in [5.41, 5.74) is 6.01. The van der Waals surface area contributed by atoms with Crippen molar-refractivity contribution >= 4 is 10.9 Å². The average molecular weight is 586 g/mol. The van der Waals surface area contributed by atoms with Crippen molar-refractivity contribution in [2.24, 2.45) is 11.8 Å². The first-order valence-corrected chi connectivity index (χ1v) is 17.5. The number of hydrogen-bond acceptors (Lipinski definition) is 4. The van der Waals surface area contributed by atoms with Crippen molar-refractivity contribution in [1.82, 2.24) is 24.2 Å². The van der Waals surface area contributed by atoms with Gasteiger partial charge in [-0.3, -0.25) is 4.90 Å². The molecule has 3 aromatic rings. The highest BCUT2D eigenvalue weighted by molar-refractivity contribution is 5.86. The number of para-hydroxylation sites is 1. The maximum absolute atomic E-state index is 2.73. The molecule has 0 amide bonds. The van der Waals surface area contributed by atoms with E-state index in [9.17, 15) is 0 Å². The monoisotopic (exact) mass is 585 g/mol. The zero-order valence-corrected chi connectivity index (χ0v) is 28.0. The molecule has 0 saturated carbocycles. The molecule has 1 atom stereocenters. The first kappa shape index (κ1) is 32.2. The zero-order chi connectivity index (χ0) is 30.2. The molecule has 2 aliphatic rings. The SMILES string of the molecule is CCCN1CCc2c(n(CCCN3CCN(CCCN(CC(C)C)CC(C)C)CC3)c3ccccc23)C1c1ccccc1. The molecule has 0 N–H and O–H groups in total. The van der Waals surface area contributed by atoms with Gasteiger partial charge in [0, 0.05) is 69.0 Å². The van der Waals surface area contributed by atoms with Crippen LogP contribution in [0, 0.1) is 11.8 Å². The summed E-state index contributed by atoms with van der Waals surface area (Å²) < 4.78 is 2.71. The molecule has 2 aliphatic heterocycles. The van der Waals surface area contributed by atoms with E-state index in [4.69, 9.17) is 0 Å². The lowest BCUT2D eigenvalue weighted by Gasteiger charge is -2.38. The fourth-order valence-corrected chi connectivity index (χ4v) is 7.80. The number of fused-ring (bicyclic) bond motifs is 3. The summed E-state index contributed by atoms with van der Waals surface area (Å²) in [6.45, 7) is 26.1. The van der Waals surface area contributed by atoms with Gasteiger partial charge in [0.15, 0.2) is 0 Å². The second-order valence-electron chi connectivity index (χ2n) is 14.1. The Morgan fingerprint density at radius 2 is 1.35 bits per heavy atom. The minimum atomic E-state index is 0.345. The average Bonchev–Trinajstić information content (AvgIpc) is 3.31. The van der Waals surface area contributed by atoms with Crippen molar-refractivity contribution in [3.05, 3.63) is 71.4 Å². The van der Waals surface area contributed by atoms with Crippen LogP contribution in [0.5, 0.6) is 0 Å². The highest BCUT2D eigenvalue weighted by Crippen LogP contribution is 2.40. The number of piperazine rings is 1. The predicted molar refractivity (Wildman–Crippen MR) is 184 cm³/mol. The lowest BCUT2D eigenvalue weighted by atomic mass is 9.92. The number of aromatic nitrogens is 1. The van der Waals surface area contributed by atoms with Gasteiger partial charge >= 0.3 is 0 Å². The van der Waals surface area contributed by atoms with Gasteiger partial charge in [-0.2, -0.15) is 0 Å². The second kappa shape index (κ2) is 15.7. The Kier molecular flexibility index (Phi) is 11.8. The van der Waals surface area contributed by atoms with E-state index in [0.717, 1.165) is 37.9 Å². The second-order valence-corrected chi connectivity index (χ2v) is 14.1. The summed E-state index contributed by atoms with van der Waals surface area (Å²) in [6, 6.07) is 20.8. The third-order valence-electron chi connectivity index (χ3n) is 9.54. The molecule has 0 bridgehead atoms. The van der Waals surface area contributed by atoms with E-state index in [1.165, 1.54) is 94.6 Å². The Morgan fingerprint density at radius 3 is 2.00 bits per heavy atom. The summed E-state index contributed by atoms with van der Waals surface area (Å²) in [5, 5.41) is 1.48. The molecule has 0 aliphatic carbocycles. The lowest BCUT2D eigenvalue weighted by Crippen LogP contribution is -2.47. The van der Waals surface area contributed by atoms with Crippen LogP contribution in [0.2, 0.25) is 0 Å². The number of aryl methyl sites for hydroxylation is 1. The van der Waals surface area contributed by atoms with Crippen LogP contribution in [0.4, 0.5) is 0 Å². The number of rotatable bonds is 15. The summed E-state index contributed by atoms with van der Waals surface area (Å²) >= 11 is 0. The van der Waals surface area contributed by atoms with E-state index < -0.39 is 0 Å². The fourth-order valence-electron chi connectivity index (χ4n) is 7.80. The molecule has 1 unspecified atom stereocenters. The Balaban J connectivity index is 1.19. The number of benzene rings is 2. The van der Waals surface area contributed by atoms with E-state index in [1.54, 1.807) is 11.3 Å². The van der Waals surface area contributed by atoms with Crippen LogP contribution in [-0.2, 0) is 13.0 Å². The lowest BCUT2D eigenvalue weighted by molar-refractivity contribution is 0.122.